The SMILES string of the molecule is CC1(C)c2ccccc2-c2c1ccc1c2Oc2c(cccc2-c2ccc(-c3cc(-c4ccc(-c5ccccc5)cc4)cc(-c4ccccc4)n3)cc2)O1. The predicted molar refractivity (Wildman–Crippen MR) is 216 cm³/mol. The van der Waals surface area contributed by atoms with Gasteiger partial charge in [-0.3, -0.25) is 0 Å². The Kier molecular flexibility index (Phi) is 7.16. The van der Waals surface area contributed by atoms with E-state index in [2.05, 4.69) is 166 Å². The molecule has 3 nitrogen and oxygen atoms in total. The molecule has 1 aliphatic heterocycles. The first-order valence-corrected chi connectivity index (χ1v) is 18.1. The monoisotopic (exact) mass is 681 g/mol. The maximum atomic E-state index is 6.90. The molecule has 0 radical (unpaired) electrons. The summed E-state index contributed by atoms with van der Waals surface area (Å²) >= 11 is 0. The van der Waals surface area contributed by atoms with Crippen LogP contribution in [0.2, 0.25) is 0 Å². The van der Waals surface area contributed by atoms with Gasteiger partial charge in [0.25, 0.3) is 0 Å². The van der Waals surface area contributed by atoms with Crippen LogP contribution >= 0.6 is 0 Å². The smallest absolute Gasteiger partial charge is 0.178 e. The van der Waals surface area contributed by atoms with Crippen molar-refractivity contribution in [3.05, 3.63) is 187 Å². The maximum absolute atomic E-state index is 6.90. The van der Waals surface area contributed by atoms with Gasteiger partial charge < -0.3 is 9.47 Å². The molecule has 53 heavy (non-hydrogen) atoms. The molecule has 3 heteroatoms. The lowest BCUT2D eigenvalue weighted by Crippen LogP contribution is -2.15. The summed E-state index contributed by atoms with van der Waals surface area (Å²) in [6.45, 7) is 4.56. The molecule has 0 bridgehead atoms. The van der Waals surface area contributed by atoms with Crippen molar-refractivity contribution in [2.45, 2.75) is 19.3 Å². The van der Waals surface area contributed by atoms with Crippen LogP contribution in [-0.2, 0) is 5.41 Å². The van der Waals surface area contributed by atoms with E-state index in [-0.39, 0.29) is 5.41 Å². The summed E-state index contributed by atoms with van der Waals surface area (Å²) in [5, 5.41) is 0. The zero-order chi connectivity index (χ0) is 35.5. The second-order valence-electron chi connectivity index (χ2n) is 14.3. The van der Waals surface area contributed by atoms with Gasteiger partial charge in [0.05, 0.1) is 11.4 Å². The molecule has 0 spiro atoms. The lowest BCUT2D eigenvalue weighted by atomic mass is 9.82. The first-order chi connectivity index (χ1) is 26.0. The van der Waals surface area contributed by atoms with E-state index in [1.54, 1.807) is 0 Å². The van der Waals surface area contributed by atoms with Crippen LogP contribution in [0.15, 0.2) is 176 Å². The Balaban J connectivity index is 1.02. The average molecular weight is 682 g/mol. The van der Waals surface area contributed by atoms with Crippen LogP contribution < -0.4 is 9.47 Å². The van der Waals surface area contributed by atoms with Crippen molar-refractivity contribution in [2.24, 2.45) is 0 Å². The lowest BCUT2D eigenvalue weighted by molar-refractivity contribution is 0.361. The molecule has 0 saturated heterocycles. The predicted octanol–water partition coefficient (Wildman–Crippen LogP) is 13.6. The van der Waals surface area contributed by atoms with Crippen LogP contribution in [0.4, 0.5) is 0 Å². The van der Waals surface area contributed by atoms with E-state index < -0.39 is 0 Å². The molecule has 0 atom stereocenters. The molecule has 1 aromatic heterocycles. The topological polar surface area (TPSA) is 31.4 Å². The third-order valence-corrected chi connectivity index (χ3v) is 10.8. The molecule has 0 unspecified atom stereocenters. The Morgan fingerprint density at radius 2 is 0.906 bits per heavy atom. The highest BCUT2D eigenvalue weighted by molar-refractivity contribution is 5.89. The summed E-state index contributed by atoms with van der Waals surface area (Å²) in [5.74, 6) is 2.97. The first-order valence-electron chi connectivity index (χ1n) is 18.1. The maximum Gasteiger partial charge on any atom is 0.178 e. The minimum Gasteiger partial charge on any atom is -0.449 e. The van der Waals surface area contributed by atoms with Crippen LogP contribution in [0.5, 0.6) is 23.0 Å². The number of pyridine rings is 1. The van der Waals surface area contributed by atoms with Gasteiger partial charge in [-0.25, -0.2) is 4.98 Å². The quantitative estimate of drug-likeness (QED) is 0.181. The van der Waals surface area contributed by atoms with Gasteiger partial charge in [0.2, 0.25) is 0 Å². The van der Waals surface area contributed by atoms with E-state index in [0.717, 1.165) is 67.6 Å². The third kappa shape index (κ3) is 5.24. The van der Waals surface area contributed by atoms with Crippen LogP contribution in [0.3, 0.4) is 0 Å². The van der Waals surface area contributed by atoms with Crippen molar-refractivity contribution in [1.29, 1.82) is 0 Å². The summed E-state index contributed by atoms with van der Waals surface area (Å²) in [5.41, 5.74) is 15.4. The highest BCUT2D eigenvalue weighted by Gasteiger charge is 2.39. The summed E-state index contributed by atoms with van der Waals surface area (Å²) in [7, 11) is 0. The molecule has 10 rings (SSSR count). The lowest BCUT2D eigenvalue weighted by Gasteiger charge is -2.26. The Labute approximate surface area is 309 Å². The van der Waals surface area contributed by atoms with Gasteiger partial charge >= 0.3 is 0 Å². The van der Waals surface area contributed by atoms with Crippen LogP contribution in [0, 0.1) is 0 Å². The number of benzene rings is 7. The molecule has 0 saturated carbocycles. The summed E-state index contributed by atoms with van der Waals surface area (Å²) in [4.78, 5) is 5.18. The van der Waals surface area contributed by atoms with E-state index in [0.29, 0.717) is 5.75 Å². The van der Waals surface area contributed by atoms with Crippen molar-refractivity contribution in [1.82, 2.24) is 4.98 Å². The van der Waals surface area contributed by atoms with Gasteiger partial charge in [-0.05, 0) is 68.8 Å². The number of aromatic nitrogens is 1. The first kappa shape index (κ1) is 31.1. The van der Waals surface area contributed by atoms with Crippen molar-refractivity contribution in [2.75, 3.05) is 0 Å². The summed E-state index contributed by atoms with van der Waals surface area (Å²) in [6, 6.07) is 61.7. The fourth-order valence-electron chi connectivity index (χ4n) is 7.98. The molecule has 0 fully saturated rings. The highest BCUT2D eigenvalue weighted by Crippen LogP contribution is 2.59. The number of para-hydroxylation sites is 1. The minimum absolute atomic E-state index is 0.128. The molecule has 0 N–H and O–H groups in total. The fourth-order valence-corrected chi connectivity index (χ4v) is 7.98. The molecule has 2 aliphatic rings. The molecular formula is C50H35NO2. The molecule has 2 heterocycles. The molecular weight excluding hydrogens is 647 g/mol. The number of rotatable bonds is 5. The van der Waals surface area contributed by atoms with Crippen molar-refractivity contribution < 1.29 is 9.47 Å². The highest BCUT2D eigenvalue weighted by atomic mass is 16.6. The molecule has 8 aromatic rings. The average Bonchev–Trinajstić information content (AvgIpc) is 3.46. The number of nitrogens with zero attached hydrogens (tertiary/aromatic N) is 1. The minimum atomic E-state index is -0.128. The second kappa shape index (κ2) is 12.2. The zero-order valence-electron chi connectivity index (χ0n) is 29.5. The molecule has 252 valence electrons. The largest absolute Gasteiger partial charge is 0.449 e. The van der Waals surface area contributed by atoms with E-state index >= 15 is 0 Å². The normalized spacial score (nSPS) is 13.2. The Hall–Kier alpha value is -6.71. The van der Waals surface area contributed by atoms with E-state index in [4.69, 9.17) is 14.5 Å². The van der Waals surface area contributed by atoms with Crippen LogP contribution in [0.25, 0.3) is 67.0 Å². The van der Waals surface area contributed by atoms with Crippen molar-refractivity contribution in [3.63, 3.8) is 0 Å². The number of ether oxygens (including phenoxy) is 2. The summed E-state index contributed by atoms with van der Waals surface area (Å²) < 4.78 is 13.4. The van der Waals surface area contributed by atoms with Gasteiger partial charge in [0.1, 0.15) is 0 Å². The number of fused-ring (bicyclic) bond motifs is 6. The number of hydrogen-bond acceptors (Lipinski definition) is 3. The third-order valence-electron chi connectivity index (χ3n) is 10.8. The standard InChI is InChI=1S/C50H35NO2/c1-50(2)41-18-10-9-16-40(41)47-42(50)28-29-46-49(47)53-48-39(17-11-19-45(48)52-46)35-24-26-37(27-25-35)44-31-38(30-43(51-44)36-14-7-4-8-15-36)34-22-20-33(21-23-34)32-12-5-3-6-13-32/h3-31H,1-2H3. The van der Waals surface area contributed by atoms with E-state index in [9.17, 15) is 0 Å². The molecule has 7 aromatic carbocycles. The molecule has 0 amide bonds. The van der Waals surface area contributed by atoms with Gasteiger partial charge in [0, 0.05) is 27.7 Å². The number of hydrogen-bond donors (Lipinski definition) is 0. The van der Waals surface area contributed by atoms with Gasteiger partial charge in [-0.1, -0.05) is 166 Å². The Bertz CT molecular complexity index is 2660. The Morgan fingerprint density at radius 1 is 0.377 bits per heavy atom. The second-order valence-corrected chi connectivity index (χ2v) is 14.3. The van der Waals surface area contributed by atoms with Crippen molar-refractivity contribution >= 4 is 0 Å². The van der Waals surface area contributed by atoms with Crippen LogP contribution in [-0.4, -0.2) is 4.98 Å². The van der Waals surface area contributed by atoms with E-state index in [1.807, 2.05) is 24.3 Å². The van der Waals surface area contributed by atoms with Gasteiger partial charge in [-0.15, -0.1) is 0 Å². The zero-order valence-corrected chi connectivity index (χ0v) is 29.5. The van der Waals surface area contributed by atoms with Gasteiger partial charge in [-0.2, -0.15) is 0 Å². The summed E-state index contributed by atoms with van der Waals surface area (Å²) in [6.07, 6.45) is 0. The fraction of sp³-hybridized carbons (Fsp3) is 0.0600. The van der Waals surface area contributed by atoms with Crippen molar-refractivity contribution in [3.8, 4) is 90.0 Å². The van der Waals surface area contributed by atoms with E-state index in [1.165, 1.54) is 27.8 Å². The Morgan fingerprint density at radius 3 is 1.62 bits per heavy atom. The van der Waals surface area contributed by atoms with Crippen LogP contribution in [0.1, 0.15) is 25.0 Å². The molecule has 1 aliphatic carbocycles. The van der Waals surface area contributed by atoms with Gasteiger partial charge in [0.15, 0.2) is 23.0 Å².